The molecule has 1 aliphatic rings. The van der Waals surface area contributed by atoms with Crippen LogP contribution in [0.5, 0.6) is 0 Å². The summed E-state index contributed by atoms with van der Waals surface area (Å²) in [6.07, 6.45) is 1.01. The van der Waals surface area contributed by atoms with Crippen LogP contribution in [-0.2, 0) is 12.6 Å². The number of piperidine rings is 1. The molecular formula is C15H20F3N. The molecule has 1 aliphatic heterocycles. The number of hydrogen-bond donors (Lipinski definition) is 1. The minimum Gasteiger partial charge on any atom is -0.317 e. The molecule has 1 heterocycles. The van der Waals surface area contributed by atoms with Gasteiger partial charge in [0.1, 0.15) is 0 Å². The summed E-state index contributed by atoms with van der Waals surface area (Å²) in [5.41, 5.74) is 0.260. The molecule has 0 amide bonds. The van der Waals surface area contributed by atoms with Gasteiger partial charge in [-0.2, -0.15) is 13.2 Å². The van der Waals surface area contributed by atoms with Crippen molar-refractivity contribution in [3.8, 4) is 0 Å². The van der Waals surface area contributed by atoms with Crippen LogP contribution in [0.15, 0.2) is 24.3 Å². The van der Waals surface area contributed by atoms with E-state index in [4.69, 9.17) is 0 Å². The number of rotatable bonds is 4. The van der Waals surface area contributed by atoms with Crippen molar-refractivity contribution in [3.05, 3.63) is 35.4 Å². The van der Waals surface area contributed by atoms with Gasteiger partial charge in [0, 0.05) is 0 Å². The Bertz CT molecular complexity index is 395. The summed E-state index contributed by atoms with van der Waals surface area (Å²) in [6, 6.07) is 5.71. The second-order valence-electron chi connectivity index (χ2n) is 5.28. The molecule has 4 heteroatoms. The van der Waals surface area contributed by atoms with Gasteiger partial charge in [0.05, 0.1) is 5.56 Å². The van der Waals surface area contributed by atoms with Crippen LogP contribution in [0.2, 0.25) is 0 Å². The van der Waals surface area contributed by atoms with Crippen molar-refractivity contribution in [1.29, 1.82) is 0 Å². The van der Waals surface area contributed by atoms with E-state index in [9.17, 15) is 13.2 Å². The number of hydrogen-bond acceptors (Lipinski definition) is 1. The highest BCUT2D eigenvalue weighted by atomic mass is 19.4. The van der Waals surface area contributed by atoms with Crippen molar-refractivity contribution in [1.82, 2.24) is 5.32 Å². The molecule has 1 aromatic rings. The molecule has 1 N–H and O–H groups in total. The zero-order chi connectivity index (χ0) is 13.7. The molecule has 0 unspecified atom stereocenters. The second-order valence-corrected chi connectivity index (χ2v) is 5.28. The first kappa shape index (κ1) is 14.4. The summed E-state index contributed by atoms with van der Waals surface area (Å²) in [5.74, 6) is 0.743. The minimum absolute atomic E-state index is 0.535. The Morgan fingerprint density at radius 1 is 1.16 bits per heavy atom. The predicted octanol–water partition coefficient (Wildman–Crippen LogP) is 4.03. The molecule has 0 atom stereocenters. The van der Waals surface area contributed by atoms with E-state index in [2.05, 4.69) is 5.32 Å². The zero-order valence-electron chi connectivity index (χ0n) is 11.0. The second kappa shape index (κ2) is 6.42. The summed E-state index contributed by atoms with van der Waals surface area (Å²) in [6.45, 7) is 2.16. The molecule has 0 saturated carbocycles. The minimum atomic E-state index is -4.23. The molecule has 1 saturated heterocycles. The van der Waals surface area contributed by atoms with Crippen LogP contribution in [0.4, 0.5) is 13.2 Å². The van der Waals surface area contributed by atoms with E-state index >= 15 is 0 Å². The maximum Gasteiger partial charge on any atom is 0.416 e. The Balaban J connectivity index is 1.82. The monoisotopic (exact) mass is 271 g/mol. The Labute approximate surface area is 112 Å². The Morgan fingerprint density at radius 2 is 1.89 bits per heavy atom. The average Bonchev–Trinajstić information content (AvgIpc) is 2.39. The Morgan fingerprint density at radius 3 is 2.58 bits per heavy atom. The van der Waals surface area contributed by atoms with Crippen molar-refractivity contribution in [2.45, 2.75) is 38.3 Å². The summed E-state index contributed by atoms with van der Waals surface area (Å²) < 4.78 is 37.7. The van der Waals surface area contributed by atoms with E-state index in [1.165, 1.54) is 25.0 Å². The predicted molar refractivity (Wildman–Crippen MR) is 70.0 cm³/mol. The van der Waals surface area contributed by atoms with Crippen molar-refractivity contribution < 1.29 is 13.2 Å². The van der Waals surface area contributed by atoms with Gasteiger partial charge in [0.2, 0.25) is 0 Å². The van der Waals surface area contributed by atoms with Crippen molar-refractivity contribution in [2.24, 2.45) is 5.92 Å². The van der Waals surface area contributed by atoms with Crippen LogP contribution in [0.1, 0.15) is 36.8 Å². The van der Waals surface area contributed by atoms with E-state index in [1.54, 1.807) is 6.07 Å². The van der Waals surface area contributed by atoms with Gasteiger partial charge in [-0.25, -0.2) is 0 Å². The fraction of sp³-hybridized carbons (Fsp3) is 0.600. The van der Waals surface area contributed by atoms with Gasteiger partial charge in [-0.3, -0.25) is 0 Å². The zero-order valence-corrected chi connectivity index (χ0v) is 11.0. The lowest BCUT2D eigenvalue weighted by Crippen LogP contribution is -2.27. The molecule has 0 aromatic heterocycles. The van der Waals surface area contributed by atoms with Crippen LogP contribution in [0.3, 0.4) is 0 Å². The highest BCUT2D eigenvalue weighted by Crippen LogP contribution is 2.30. The first-order valence-corrected chi connectivity index (χ1v) is 6.92. The van der Waals surface area contributed by atoms with Gasteiger partial charge in [0.25, 0.3) is 0 Å². The molecule has 0 bridgehead atoms. The summed E-state index contributed by atoms with van der Waals surface area (Å²) in [7, 11) is 0. The summed E-state index contributed by atoms with van der Waals surface area (Å²) in [5, 5.41) is 3.32. The number of nitrogens with one attached hydrogen (secondary N) is 1. The van der Waals surface area contributed by atoms with E-state index in [-0.39, 0.29) is 0 Å². The molecule has 1 aromatic carbocycles. The van der Waals surface area contributed by atoms with Crippen LogP contribution in [0.25, 0.3) is 0 Å². The van der Waals surface area contributed by atoms with Gasteiger partial charge in [0.15, 0.2) is 0 Å². The van der Waals surface area contributed by atoms with Gasteiger partial charge in [-0.1, -0.05) is 24.6 Å². The van der Waals surface area contributed by atoms with Crippen LogP contribution in [-0.4, -0.2) is 13.1 Å². The summed E-state index contributed by atoms with van der Waals surface area (Å²) >= 11 is 0. The largest absolute Gasteiger partial charge is 0.416 e. The Kier molecular flexibility index (Phi) is 4.86. The first-order valence-electron chi connectivity index (χ1n) is 6.92. The molecule has 19 heavy (non-hydrogen) atoms. The quantitative estimate of drug-likeness (QED) is 0.872. The Hall–Kier alpha value is -1.03. The lowest BCUT2D eigenvalue weighted by atomic mass is 9.91. The van der Waals surface area contributed by atoms with E-state index in [0.29, 0.717) is 0 Å². The molecule has 0 aliphatic carbocycles. The van der Waals surface area contributed by atoms with Crippen LogP contribution < -0.4 is 5.32 Å². The third-order valence-corrected chi connectivity index (χ3v) is 3.79. The maximum absolute atomic E-state index is 12.6. The SMILES string of the molecule is FC(F)(F)c1cccc(CCCC2CCNCC2)c1. The lowest BCUT2D eigenvalue weighted by Gasteiger charge is -2.22. The number of aryl methyl sites for hydroxylation is 1. The molecule has 0 spiro atoms. The number of benzene rings is 1. The van der Waals surface area contributed by atoms with Crippen molar-refractivity contribution in [3.63, 3.8) is 0 Å². The molecule has 106 valence electrons. The van der Waals surface area contributed by atoms with Crippen LogP contribution in [0, 0.1) is 5.92 Å². The standard InChI is InChI=1S/C15H20F3N/c16-15(17,18)14-6-2-5-13(11-14)4-1-3-12-7-9-19-10-8-12/h2,5-6,11-12,19H,1,3-4,7-10H2. The van der Waals surface area contributed by atoms with E-state index < -0.39 is 11.7 Å². The summed E-state index contributed by atoms with van der Waals surface area (Å²) in [4.78, 5) is 0. The van der Waals surface area contributed by atoms with E-state index in [0.717, 1.165) is 49.9 Å². The van der Waals surface area contributed by atoms with Crippen molar-refractivity contribution in [2.75, 3.05) is 13.1 Å². The maximum atomic E-state index is 12.6. The fourth-order valence-corrected chi connectivity index (χ4v) is 2.67. The van der Waals surface area contributed by atoms with Gasteiger partial charge < -0.3 is 5.32 Å². The topological polar surface area (TPSA) is 12.0 Å². The smallest absolute Gasteiger partial charge is 0.317 e. The molecule has 0 radical (unpaired) electrons. The van der Waals surface area contributed by atoms with Crippen molar-refractivity contribution >= 4 is 0 Å². The van der Waals surface area contributed by atoms with E-state index in [1.807, 2.05) is 0 Å². The fourth-order valence-electron chi connectivity index (χ4n) is 2.67. The average molecular weight is 271 g/mol. The lowest BCUT2D eigenvalue weighted by molar-refractivity contribution is -0.137. The highest BCUT2D eigenvalue weighted by molar-refractivity contribution is 5.25. The normalized spacial score (nSPS) is 17.6. The third kappa shape index (κ3) is 4.53. The number of halogens is 3. The first-order chi connectivity index (χ1) is 9.05. The van der Waals surface area contributed by atoms with Gasteiger partial charge >= 0.3 is 6.18 Å². The molecular weight excluding hydrogens is 251 g/mol. The van der Waals surface area contributed by atoms with Gasteiger partial charge in [-0.15, -0.1) is 0 Å². The highest BCUT2D eigenvalue weighted by Gasteiger charge is 2.30. The van der Waals surface area contributed by atoms with Crippen LogP contribution >= 0.6 is 0 Å². The molecule has 1 fully saturated rings. The number of alkyl halides is 3. The molecule has 2 rings (SSSR count). The third-order valence-electron chi connectivity index (χ3n) is 3.79. The molecule has 1 nitrogen and oxygen atoms in total. The van der Waals surface area contributed by atoms with Gasteiger partial charge in [-0.05, 0) is 56.3 Å².